The first-order chi connectivity index (χ1) is 10.3. The second-order valence-corrected chi connectivity index (χ2v) is 4.83. The molecule has 0 unspecified atom stereocenters. The molecule has 0 amide bonds. The van der Waals surface area contributed by atoms with Crippen LogP contribution in [0.4, 0.5) is 10.1 Å². The number of nitrogens with one attached hydrogen (secondary N) is 1. The average Bonchev–Trinajstić information content (AvgIpc) is 2.52. The van der Waals surface area contributed by atoms with E-state index in [0.29, 0.717) is 6.54 Å². The molecule has 0 bridgehead atoms. The molecule has 1 N–H and O–H groups in total. The van der Waals surface area contributed by atoms with Crippen LogP contribution >= 0.6 is 0 Å². The van der Waals surface area contributed by atoms with Gasteiger partial charge in [-0.05, 0) is 35.0 Å². The molecule has 0 heterocycles. The molecule has 0 saturated carbocycles. The van der Waals surface area contributed by atoms with E-state index in [1.807, 2.05) is 30.3 Å². The van der Waals surface area contributed by atoms with E-state index in [1.165, 1.54) is 12.1 Å². The van der Waals surface area contributed by atoms with Crippen molar-refractivity contribution in [2.24, 2.45) is 0 Å². The van der Waals surface area contributed by atoms with E-state index in [-0.39, 0.29) is 5.82 Å². The zero-order valence-electron chi connectivity index (χ0n) is 11.8. The number of ether oxygens (including phenoxy) is 1. The Balaban J connectivity index is 1.95. The molecular formula is C18H16FNO. The quantitative estimate of drug-likeness (QED) is 0.754. The lowest BCUT2D eigenvalue weighted by atomic mass is 10.0. The van der Waals surface area contributed by atoms with Crippen LogP contribution in [0.15, 0.2) is 60.7 Å². The molecule has 2 nitrogen and oxygen atoms in total. The summed E-state index contributed by atoms with van der Waals surface area (Å²) >= 11 is 0. The number of halogens is 1. The first-order valence-electron chi connectivity index (χ1n) is 6.82. The molecule has 0 radical (unpaired) electrons. The van der Waals surface area contributed by atoms with Gasteiger partial charge >= 0.3 is 0 Å². The van der Waals surface area contributed by atoms with Gasteiger partial charge in [0.1, 0.15) is 11.6 Å². The van der Waals surface area contributed by atoms with Gasteiger partial charge in [-0.25, -0.2) is 4.39 Å². The van der Waals surface area contributed by atoms with E-state index in [0.717, 1.165) is 27.8 Å². The van der Waals surface area contributed by atoms with Gasteiger partial charge in [0.2, 0.25) is 0 Å². The van der Waals surface area contributed by atoms with E-state index in [1.54, 1.807) is 13.2 Å². The van der Waals surface area contributed by atoms with Crippen LogP contribution in [0.3, 0.4) is 0 Å². The molecule has 0 fully saturated rings. The van der Waals surface area contributed by atoms with Crippen LogP contribution in [0.2, 0.25) is 0 Å². The molecule has 3 aromatic carbocycles. The summed E-state index contributed by atoms with van der Waals surface area (Å²) < 4.78 is 18.7. The minimum Gasteiger partial charge on any atom is -0.496 e. The Hall–Kier alpha value is -2.55. The molecular weight excluding hydrogens is 265 g/mol. The predicted octanol–water partition coefficient (Wildman–Crippen LogP) is 4.60. The highest BCUT2D eigenvalue weighted by Crippen LogP contribution is 2.28. The molecule has 21 heavy (non-hydrogen) atoms. The third kappa shape index (κ3) is 2.82. The fourth-order valence-corrected chi connectivity index (χ4v) is 2.48. The first-order valence-corrected chi connectivity index (χ1v) is 6.82. The van der Waals surface area contributed by atoms with Gasteiger partial charge in [0.25, 0.3) is 0 Å². The van der Waals surface area contributed by atoms with Crippen molar-refractivity contribution in [1.29, 1.82) is 0 Å². The number of fused-ring (bicyclic) bond motifs is 1. The van der Waals surface area contributed by atoms with Gasteiger partial charge in [0, 0.05) is 17.8 Å². The van der Waals surface area contributed by atoms with Gasteiger partial charge in [-0.15, -0.1) is 0 Å². The van der Waals surface area contributed by atoms with Crippen LogP contribution in [0.1, 0.15) is 5.56 Å². The van der Waals surface area contributed by atoms with Crippen LogP contribution in [0, 0.1) is 5.82 Å². The fourth-order valence-electron chi connectivity index (χ4n) is 2.48. The Labute approximate surface area is 123 Å². The summed E-state index contributed by atoms with van der Waals surface area (Å²) in [5.74, 6) is 0.586. The molecule has 3 aromatic rings. The molecule has 0 spiro atoms. The summed E-state index contributed by atoms with van der Waals surface area (Å²) in [7, 11) is 1.66. The summed E-state index contributed by atoms with van der Waals surface area (Å²) in [5, 5.41) is 5.55. The summed E-state index contributed by atoms with van der Waals surface area (Å²) in [6.07, 6.45) is 0. The smallest absolute Gasteiger partial charge is 0.125 e. The van der Waals surface area contributed by atoms with Crippen LogP contribution in [-0.4, -0.2) is 7.11 Å². The molecule has 3 heteroatoms. The highest BCUT2D eigenvalue weighted by atomic mass is 19.1. The van der Waals surface area contributed by atoms with Gasteiger partial charge in [-0.2, -0.15) is 0 Å². The Morgan fingerprint density at radius 2 is 1.86 bits per heavy atom. The lowest BCUT2D eigenvalue weighted by molar-refractivity contribution is 0.411. The number of anilines is 1. The zero-order chi connectivity index (χ0) is 14.7. The SMILES string of the molecule is COc1ccc2ccccc2c1CNc1cccc(F)c1. The van der Waals surface area contributed by atoms with Gasteiger partial charge in [-0.1, -0.05) is 36.4 Å². The van der Waals surface area contributed by atoms with Gasteiger partial charge in [0.05, 0.1) is 7.11 Å². The Kier molecular flexibility index (Phi) is 3.73. The van der Waals surface area contributed by atoms with Crippen LogP contribution < -0.4 is 10.1 Å². The van der Waals surface area contributed by atoms with Crippen molar-refractivity contribution in [3.05, 3.63) is 72.0 Å². The predicted molar refractivity (Wildman–Crippen MR) is 84.2 cm³/mol. The van der Waals surface area contributed by atoms with Gasteiger partial charge < -0.3 is 10.1 Å². The molecule has 0 atom stereocenters. The number of methoxy groups -OCH3 is 1. The first kappa shape index (κ1) is 13.4. The lowest BCUT2D eigenvalue weighted by Crippen LogP contribution is -2.02. The Morgan fingerprint density at radius 3 is 2.67 bits per heavy atom. The number of hydrogen-bond donors (Lipinski definition) is 1. The Bertz CT molecular complexity index is 770. The number of hydrogen-bond acceptors (Lipinski definition) is 2. The summed E-state index contributed by atoms with van der Waals surface area (Å²) in [5.41, 5.74) is 1.82. The minimum absolute atomic E-state index is 0.245. The standard InChI is InChI=1S/C18H16FNO/c1-21-18-10-9-13-5-2-3-8-16(13)17(18)12-20-15-7-4-6-14(19)11-15/h2-11,20H,12H2,1H3. The van der Waals surface area contributed by atoms with E-state index in [2.05, 4.69) is 17.4 Å². The second-order valence-electron chi connectivity index (χ2n) is 4.83. The van der Waals surface area contributed by atoms with Crippen molar-refractivity contribution >= 4 is 16.5 Å². The summed E-state index contributed by atoms with van der Waals surface area (Å²) in [6.45, 7) is 0.577. The average molecular weight is 281 g/mol. The van der Waals surface area contributed by atoms with Gasteiger partial charge in [0.15, 0.2) is 0 Å². The third-order valence-electron chi connectivity index (χ3n) is 3.51. The molecule has 0 aliphatic rings. The van der Waals surface area contributed by atoms with Gasteiger partial charge in [-0.3, -0.25) is 0 Å². The van der Waals surface area contributed by atoms with Crippen molar-refractivity contribution in [3.8, 4) is 5.75 Å². The molecule has 3 rings (SSSR count). The maximum atomic E-state index is 13.2. The largest absolute Gasteiger partial charge is 0.496 e. The van der Waals surface area contributed by atoms with E-state index >= 15 is 0 Å². The molecule has 0 aliphatic carbocycles. The van der Waals surface area contributed by atoms with Crippen LogP contribution in [0.25, 0.3) is 10.8 Å². The van der Waals surface area contributed by atoms with E-state index in [9.17, 15) is 4.39 Å². The van der Waals surface area contributed by atoms with Crippen LogP contribution in [0.5, 0.6) is 5.75 Å². The van der Waals surface area contributed by atoms with Crippen molar-refractivity contribution in [1.82, 2.24) is 0 Å². The summed E-state index contributed by atoms with van der Waals surface area (Å²) in [4.78, 5) is 0. The normalized spacial score (nSPS) is 10.6. The maximum Gasteiger partial charge on any atom is 0.125 e. The minimum atomic E-state index is -0.245. The van der Waals surface area contributed by atoms with Crippen molar-refractivity contribution in [2.45, 2.75) is 6.54 Å². The highest BCUT2D eigenvalue weighted by Gasteiger charge is 2.08. The van der Waals surface area contributed by atoms with E-state index in [4.69, 9.17) is 4.74 Å². The lowest BCUT2D eigenvalue weighted by Gasteiger charge is -2.13. The van der Waals surface area contributed by atoms with Crippen molar-refractivity contribution in [2.75, 3.05) is 12.4 Å². The monoisotopic (exact) mass is 281 g/mol. The second kappa shape index (κ2) is 5.83. The molecule has 106 valence electrons. The Morgan fingerprint density at radius 1 is 1.00 bits per heavy atom. The fraction of sp³-hybridized carbons (Fsp3) is 0.111. The van der Waals surface area contributed by atoms with Crippen LogP contribution in [-0.2, 0) is 6.54 Å². The molecule has 0 aromatic heterocycles. The van der Waals surface area contributed by atoms with E-state index < -0.39 is 0 Å². The molecule has 0 aliphatic heterocycles. The number of rotatable bonds is 4. The summed E-state index contributed by atoms with van der Waals surface area (Å²) in [6, 6.07) is 18.6. The van der Waals surface area contributed by atoms with Crippen molar-refractivity contribution in [3.63, 3.8) is 0 Å². The molecule has 0 saturated heterocycles. The number of benzene rings is 3. The highest BCUT2D eigenvalue weighted by molar-refractivity contribution is 5.88. The third-order valence-corrected chi connectivity index (χ3v) is 3.51. The topological polar surface area (TPSA) is 21.3 Å². The van der Waals surface area contributed by atoms with Crippen molar-refractivity contribution < 1.29 is 9.13 Å². The zero-order valence-corrected chi connectivity index (χ0v) is 11.8. The maximum absolute atomic E-state index is 13.2.